The Morgan fingerprint density at radius 2 is 2.00 bits per heavy atom. The van der Waals surface area contributed by atoms with Crippen LogP contribution in [-0.4, -0.2) is 48.4 Å². The van der Waals surface area contributed by atoms with Gasteiger partial charge in [0.1, 0.15) is 6.04 Å². The summed E-state index contributed by atoms with van der Waals surface area (Å²) in [7, 11) is 0. The predicted octanol–water partition coefficient (Wildman–Crippen LogP) is 0.923. The summed E-state index contributed by atoms with van der Waals surface area (Å²) in [6.07, 6.45) is 3.42. The van der Waals surface area contributed by atoms with Gasteiger partial charge < -0.3 is 15.5 Å². The van der Waals surface area contributed by atoms with E-state index in [9.17, 15) is 9.59 Å². The zero-order chi connectivity index (χ0) is 13.8. The quantitative estimate of drug-likeness (QED) is 0.812. The SMILES string of the molecule is CC(C)C(C(=O)NC1CCNCC1)N1CCCC1=O.Cl. The Kier molecular flexibility index (Phi) is 6.76. The molecule has 20 heavy (non-hydrogen) atoms. The average molecular weight is 304 g/mol. The van der Waals surface area contributed by atoms with E-state index in [0.717, 1.165) is 38.9 Å². The lowest BCUT2D eigenvalue weighted by Crippen LogP contribution is -2.54. The molecule has 2 aliphatic rings. The van der Waals surface area contributed by atoms with Crippen LogP contribution in [0.4, 0.5) is 0 Å². The van der Waals surface area contributed by atoms with Crippen LogP contribution >= 0.6 is 12.4 Å². The molecular formula is C14H26ClN3O2. The van der Waals surface area contributed by atoms with Crippen LogP contribution in [0.1, 0.15) is 39.5 Å². The highest BCUT2D eigenvalue weighted by Gasteiger charge is 2.35. The first kappa shape index (κ1) is 17.2. The second-order valence-electron chi connectivity index (χ2n) is 5.91. The fourth-order valence-electron chi connectivity index (χ4n) is 3.02. The summed E-state index contributed by atoms with van der Waals surface area (Å²) in [5.41, 5.74) is 0. The van der Waals surface area contributed by atoms with Crippen LogP contribution in [-0.2, 0) is 9.59 Å². The third-order valence-electron chi connectivity index (χ3n) is 4.03. The second-order valence-corrected chi connectivity index (χ2v) is 5.91. The highest BCUT2D eigenvalue weighted by atomic mass is 35.5. The highest BCUT2D eigenvalue weighted by Crippen LogP contribution is 2.19. The molecule has 0 aromatic heterocycles. The van der Waals surface area contributed by atoms with Crippen molar-refractivity contribution in [2.45, 2.75) is 51.6 Å². The van der Waals surface area contributed by atoms with Crippen LogP contribution in [0.2, 0.25) is 0 Å². The maximum Gasteiger partial charge on any atom is 0.243 e. The molecule has 1 atom stereocenters. The van der Waals surface area contributed by atoms with Gasteiger partial charge >= 0.3 is 0 Å². The van der Waals surface area contributed by atoms with Gasteiger partial charge in [0.05, 0.1) is 0 Å². The van der Waals surface area contributed by atoms with Crippen LogP contribution in [0.5, 0.6) is 0 Å². The average Bonchev–Trinajstić information content (AvgIpc) is 2.77. The van der Waals surface area contributed by atoms with Gasteiger partial charge in [-0.05, 0) is 38.3 Å². The molecule has 2 rings (SSSR count). The minimum absolute atomic E-state index is 0. The van der Waals surface area contributed by atoms with Gasteiger partial charge in [-0.3, -0.25) is 9.59 Å². The molecule has 0 aromatic rings. The van der Waals surface area contributed by atoms with Crippen LogP contribution in [0.15, 0.2) is 0 Å². The molecule has 0 spiro atoms. The smallest absolute Gasteiger partial charge is 0.243 e. The Morgan fingerprint density at radius 1 is 1.35 bits per heavy atom. The summed E-state index contributed by atoms with van der Waals surface area (Å²) in [4.78, 5) is 26.1. The third-order valence-corrected chi connectivity index (χ3v) is 4.03. The Balaban J connectivity index is 0.00000200. The largest absolute Gasteiger partial charge is 0.351 e. The van der Waals surface area contributed by atoms with Crippen molar-refractivity contribution in [2.24, 2.45) is 5.92 Å². The van der Waals surface area contributed by atoms with Gasteiger partial charge in [-0.15, -0.1) is 12.4 Å². The van der Waals surface area contributed by atoms with Crippen molar-refractivity contribution in [3.63, 3.8) is 0 Å². The Bertz CT molecular complexity index is 343. The molecule has 0 saturated carbocycles. The molecule has 2 fully saturated rings. The second kappa shape index (κ2) is 7.84. The molecule has 1 unspecified atom stereocenters. The Hall–Kier alpha value is -0.810. The van der Waals surface area contributed by atoms with E-state index in [2.05, 4.69) is 10.6 Å². The van der Waals surface area contributed by atoms with E-state index in [0.29, 0.717) is 6.42 Å². The maximum atomic E-state index is 12.5. The summed E-state index contributed by atoms with van der Waals surface area (Å²) in [6, 6.07) is -0.0439. The molecular weight excluding hydrogens is 278 g/mol. The van der Waals surface area contributed by atoms with Crippen LogP contribution < -0.4 is 10.6 Å². The van der Waals surface area contributed by atoms with Crippen molar-refractivity contribution in [1.82, 2.24) is 15.5 Å². The number of carbonyl (C=O) groups is 2. The lowest BCUT2D eigenvalue weighted by atomic mass is 10.00. The van der Waals surface area contributed by atoms with Crippen LogP contribution in [0, 0.1) is 5.92 Å². The molecule has 2 N–H and O–H groups in total. The molecule has 2 aliphatic heterocycles. The molecule has 2 saturated heterocycles. The first-order chi connectivity index (χ1) is 9.09. The number of nitrogens with one attached hydrogen (secondary N) is 2. The zero-order valence-corrected chi connectivity index (χ0v) is 13.2. The van der Waals surface area contributed by atoms with Crippen LogP contribution in [0.3, 0.4) is 0 Å². The molecule has 6 heteroatoms. The normalized spacial score (nSPS) is 21.8. The molecule has 2 amide bonds. The summed E-state index contributed by atoms with van der Waals surface area (Å²) in [6.45, 7) is 6.66. The molecule has 0 aromatic carbocycles. The van der Waals surface area contributed by atoms with Crippen molar-refractivity contribution < 1.29 is 9.59 Å². The van der Waals surface area contributed by atoms with Crippen molar-refractivity contribution in [1.29, 1.82) is 0 Å². The number of piperidine rings is 1. The lowest BCUT2D eigenvalue weighted by molar-refractivity contribution is -0.139. The van der Waals surface area contributed by atoms with E-state index in [-0.39, 0.29) is 42.2 Å². The topological polar surface area (TPSA) is 61.4 Å². The van der Waals surface area contributed by atoms with Gasteiger partial charge in [0.15, 0.2) is 0 Å². The number of amides is 2. The lowest BCUT2D eigenvalue weighted by Gasteiger charge is -2.32. The molecule has 0 bridgehead atoms. The minimum atomic E-state index is -0.301. The van der Waals surface area contributed by atoms with E-state index >= 15 is 0 Å². The van der Waals surface area contributed by atoms with Crippen LogP contribution in [0.25, 0.3) is 0 Å². The number of carbonyl (C=O) groups excluding carboxylic acids is 2. The number of likely N-dealkylation sites (tertiary alicyclic amines) is 1. The number of hydrogen-bond acceptors (Lipinski definition) is 3. The molecule has 0 aliphatic carbocycles. The summed E-state index contributed by atoms with van der Waals surface area (Å²) < 4.78 is 0. The number of rotatable bonds is 4. The molecule has 0 radical (unpaired) electrons. The summed E-state index contributed by atoms with van der Waals surface area (Å²) >= 11 is 0. The fourth-order valence-corrected chi connectivity index (χ4v) is 3.02. The predicted molar refractivity (Wildman–Crippen MR) is 80.9 cm³/mol. The minimum Gasteiger partial charge on any atom is -0.351 e. The standard InChI is InChI=1S/C14H25N3O2.ClH/c1-10(2)13(17-9-3-4-12(17)18)14(19)16-11-5-7-15-8-6-11;/h10-11,13,15H,3-9H2,1-2H3,(H,16,19);1H. The monoisotopic (exact) mass is 303 g/mol. The van der Waals surface area contributed by atoms with Gasteiger partial charge in [0.25, 0.3) is 0 Å². The van der Waals surface area contributed by atoms with Gasteiger partial charge in [-0.1, -0.05) is 13.8 Å². The van der Waals surface area contributed by atoms with E-state index in [4.69, 9.17) is 0 Å². The van der Waals surface area contributed by atoms with E-state index in [1.54, 1.807) is 4.90 Å². The van der Waals surface area contributed by atoms with E-state index in [1.165, 1.54) is 0 Å². The molecule has 116 valence electrons. The van der Waals surface area contributed by atoms with Gasteiger partial charge in [-0.25, -0.2) is 0 Å². The van der Waals surface area contributed by atoms with E-state index < -0.39 is 0 Å². The number of hydrogen-bond donors (Lipinski definition) is 2. The zero-order valence-electron chi connectivity index (χ0n) is 12.4. The molecule has 2 heterocycles. The first-order valence-electron chi connectivity index (χ1n) is 7.40. The Labute approximate surface area is 127 Å². The van der Waals surface area contributed by atoms with Gasteiger partial charge in [-0.2, -0.15) is 0 Å². The Morgan fingerprint density at radius 3 is 2.50 bits per heavy atom. The number of nitrogens with zero attached hydrogens (tertiary/aromatic N) is 1. The fraction of sp³-hybridized carbons (Fsp3) is 0.857. The van der Waals surface area contributed by atoms with Crippen molar-refractivity contribution in [2.75, 3.05) is 19.6 Å². The molecule has 5 nitrogen and oxygen atoms in total. The van der Waals surface area contributed by atoms with Crippen molar-refractivity contribution in [3.05, 3.63) is 0 Å². The van der Waals surface area contributed by atoms with Gasteiger partial charge in [0, 0.05) is 19.0 Å². The summed E-state index contributed by atoms with van der Waals surface area (Å²) in [5.74, 6) is 0.306. The van der Waals surface area contributed by atoms with E-state index in [1.807, 2.05) is 13.8 Å². The summed E-state index contributed by atoms with van der Waals surface area (Å²) in [5, 5.41) is 6.41. The third kappa shape index (κ3) is 4.09. The van der Waals surface area contributed by atoms with Gasteiger partial charge in [0.2, 0.25) is 11.8 Å². The maximum absolute atomic E-state index is 12.5. The first-order valence-corrected chi connectivity index (χ1v) is 7.40. The number of halogens is 1. The highest BCUT2D eigenvalue weighted by molar-refractivity contribution is 5.89. The van der Waals surface area contributed by atoms with Crippen molar-refractivity contribution in [3.8, 4) is 0 Å². The van der Waals surface area contributed by atoms with Crippen molar-refractivity contribution >= 4 is 24.2 Å².